The number of carbonyl (C=O) groups excluding carboxylic acids is 1. The van der Waals surface area contributed by atoms with E-state index in [1.807, 2.05) is 59.5 Å². The largest absolute Gasteiger partial charge is 0.490 e. The van der Waals surface area contributed by atoms with Crippen LogP contribution < -0.4 is 9.47 Å². The number of pyridine rings is 1. The molecule has 3 aromatic rings. The number of carbonyl (C=O) groups is 1. The third-order valence-electron chi connectivity index (χ3n) is 4.95. The Labute approximate surface area is 172 Å². The fourth-order valence-corrected chi connectivity index (χ4v) is 3.88. The van der Waals surface area contributed by atoms with E-state index in [0.29, 0.717) is 24.7 Å². The van der Waals surface area contributed by atoms with Crippen LogP contribution in [0.25, 0.3) is 10.8 Å². The summed E-state index contributed by atoms with van der Waals surface area (Å²) >= 11 is 3.46. The number of piperidine rings is 1. The molecule has 4 rings (SSSR count). The first-order valence-corrected chi connectivity index (χ1v) is 10.1. The zero-order valence-corrected chi connectivity index (χ0v) is 17.2. The molecule has 1 saturated heterocycles. The Hall–Kier alpha value is -2.60. The first-order chi connectivity index (χ1) is 13.6. The molecule has 144 valence electrons. The zero-order valence-electron chi connectivity index (χ0n) is 15.6. The Morgan fingerprint density at radius 3 is 2.64 bits per heavy atom. The number of hydrogen-bond acceptors (Lipinski definition) is 4. The van der Waals surface area contributed by atoms with Gasteiger partial charge in [0.15, 0.2) is 0 Å². The molecule has 0 atom stereocenters. The van der Waals surface area contributed by atoms with Gasteiger partial charge in [-0.2, -0.15) is 0 Å². The minimum Gasteiger partial charge on any atom is -0.490 e. The standard InChI is InChI=1S/C22H21BrN2O3/c1-27-21-19-8-3-2-5-15(19)13-20(24-21)22(26)25-11-9-17(10-12-25)28-18-7-4-6-16(23)14-18/h2-8,13-14,17H,9-12H2,1H3. The Kier molecular flexibility index (Phi) is 5.48. The van der Waals surface area contributed by atoms with E-state index >= 15 is 0 Å². The van der Waals surface area contributed by atoms with Gasteiger partial charge in [0.1, 0.15) is 17.5 Å². The molecule has 1 aromatic heterocycles. The van der Waals surface area contributed by atoms with Gasteiger partial charge in [0.25, 0.3) is 5.91 Å². The number of hydrogen-bond donors (Lipinski definition) is 0. The quantitative estimate of drug-likeness (QED) is 0.590. The molecule has 2 heterocycles. The van der Waals surface area contributed by atoms with Gasteiger partial charge in [-0.25, -0.2) is 4.98 Å². The molecule has 0 bridgehead atoms. The number of fused-ring (bicyclic) bond motifs is 1. The summed E-state index contributed by atoms with van der Waals surface area (Å²) in [7, 11) is 1.58. The fourth-order valence-electron chi connectivity index (χ4n) is 3.50. The van der Waals surface area contributed by atoms with Crippen molar-refractivity contribution in [2.75, 3.05) is 20.2 Å². The third kappa shape index (κ3) is 3.97. The van der Waals surface area contributed by atoms with Gasteiger partial charge in [0, 0.05) is 35.8 Å². The molecular weight excluding hydrogens is 420 g/mol. The van der Waals surface area contributed by atoms with Crippen LogP contribution in [0.15, 0.2) is 59.1 Å². The number of amides is 1. The van der Waals surface area contributed by atoms with Crippen molar-refractivity contribution in [3.63, 3.8) is 0 Å². The summed E-state index contributed by atoms with van der Waals surface area (Å²) in [6.45, 7) is 1.29. The Morgan fingerprint density at radius 2 is 1.89 bits per heavy atom. The lowest BCUT2D eigenvalue weighted by atomic mass is 10.1. The van der Waals surface area contributed by atoms with Crippen molar-refractivity contribution in [3.05, 3.63) is 64.8 Å². The number of nitrogens with zero attached hydrogens (tertiary/aromatic N) is 2. The zero-order chi connectivity index (χ0) is 19.5. The fraction of sp³-hybridized carbons (Fsp3) is 0.273. The molecule has 1 amide bonds. The second-order valence-corrected chi connectivity index (χ2v) is 7.72. The van der Waals surface area contributed by atoms with Gasteiger partial charge in [-0.05, 0) is 35.7 Å². The van der Waals surface area contributed by atoms with Gasteiger partial charge in [0.05, 0.1) is 7.11 Å². The predicted octanol–water partition coefficient (Wildman–Crippen LogP) is 4.69. The van der Waals surface area contributed by atoms with Crippen LogP contribution in [0.4, 0.5) is 0 Å². The van der Waals surface area contributed by atoms with Crippen molar-refractivity contribution in [1.29, 1.82) is 0 Å². The minimum atomic E-state index is -0.0649. The lowest BCUT2D eigenvalue weighted by Crippen LogP contribution is -2.42. The average molecular weight is 441 g/mol. The Morgan fingerprint density at radius 1 is 1.11 bits per heavy atom. The van der Waals surface area contributed by atoms with E-state index in [2.05, 4.69) is 20.9 Å². The van der Waals surface area contributed by atoms with E-state index < -0.39 is 0 Å². The lowest BCUT2D eigenvalue weighted by Gasteiger charge is -2.32. The average Bonchev–Trinajstić information content (AvgIpc) is 2.73. The highest BCUT2D eigenvalue weighted by Gasteiger charge is 2.26. The molecular formula is C22H21BrN2O3. The van der Waals surface area contributed by atoms with E-state index in [4.69, 9.17) is 9.47 Å². The van der Waals surface area contributed by atoms with Crippen LogP contribution in [-0.4, -0.2) is 42.1 Å². The summed E-state index contributed by atoms with van der Waals surface area (Å²) in [4.78, 5) is 19.3. The van der Waals surface area contributed by atoms with Gasteiger partial charge in [-0.1, -0.05) is 40.2 Å². The number of rotatable bonds is 4. The number of methoxy groups -OCH3 is 1. The number of ether oxygens (including phenoxy) is 2. The maximum absolute atomic E-state index is 13.0. The predicted molar refractivity (Wildman–Crippen MR) is 112 cm³/mol. The smallest absolute Gasteiger partial charge is 0.272 e. The van der Waals surface area contributed by atoms with Crippen molar-refractivity contribution in [1.82, 2.24) is 9.88 Å². The summed E-state index contributed by atoms with van der Waals surface area (Å²) in [5.74, 6) is 1.26. The molecule has 0 radical (unpaired) electrons. The monoisotopic (exact) mass is 440 g/mol. The van der Waals surface area contributed by atoms with E-state index in [0.717, 1.165) is 33.8 Å². The van der Waals surface area contributed by atoms with Gasteiger partial charge in [0.2, 0.25) is 5.88 Å². The van der Waals surface area contributed by atoms with Crippen LogP contribution in [0.3, 0.4) is 0 Å². The maximum atomic E-state index is 13.0. The summed E-state index contributed by atoms with van der Waals surface area (Å²) in [6.07, 6.45) is 1.70. The highest BCUT2D eigenvalue weighted by atomic mass is 79.9. The number of likely N-dealkylation sites (tertiary alicyclic amines) is 1. The van der Waals surface area contributed by atoms with Crippen molar-refractivity contribution in [2.45, 2.75) is 18.9 Å². The van der Waals surface area contributed by atoms with Crippen molar-refractivity contribution in [2.24, 2.45) is 0 Å². The summed E-state index contributed by atoms with van der Waals surface area (Å²) in [5, 5.41) is 1.85. The van der Waals surface area contributed by atoms with Crippen molar-refractivity contribution < 1.29 is 14.3 Å². The van der Waals surface area contributed by atoms with E-state index in [-0.39, 0.29) is 12.0 Å². The molecule has 0 aliphatic carbocycles. The topological polar surface area (TPSA) is 51.7 Å². The van der Waals surface area contributed by atoms with Crippen LogP contribution in [0, 0.1) is 0 Å². The third-order valence-corrected chi connectivity index (χ3v) is 5.44. The molecule has 6 heteroatoms. The molecule has 1 aliphatic heterocycles. The minimum absolute atomic E-state index is 0.0649. The maximum Gasteiger partial charge on any atom is 0.272 e. The van der Waals surface area contributed by atoms with E-state index in [1.165, 1.54) is 0 Å². The van der Waals surface area contributed by atoms with Crippen LogP contribution in [0.1, 0.15) is 23.3 Å². The van der Waals surface area contributed by atoms with Crippen LogP contribution in [0.2, 0.25) is 0 Å². The highest BCUT2D eigenvalue weighted by Crippen LogP contribution is 2.26. The highest BCUT2D eigenvalue weighted by molar-refractivity contribution is 9.10. The molecule has 1 aliphatic rings. The van der Waals surface area contributed by atoms with Crippen LogP contribution >= 0.6 is 15.9 Å². The summed E-state index contributed by atoms with van der Waals surface area (Å²) in [5.41, 5.74) is 0.418. The molecule has 0 N–H and O–H groups in total. The van der Waals surface area contributed by atoms with Gasteiger partial charge >= 0.3 is 0 Å². The van der Waals surface area contributed by atoms with Gasteiger partial charge in [-0.15, -0.1) is 0 Å². The second-order valence-electron chi connectivity index (χ2n) is 6.80. The number of benzene rings is 2. The molecule has 0 unspecified atom stereocenters. The molecule has 1 fully saturated rings. The molecule has 2 aromatic carbocycles. The second kappa shape index (κ2) is 8.19. The summed E-state index contributed by atoms with van der Waals surface area (Å²) < 4.78 is 12.4. The van der Waals surface area contributed by atoms with Crippen LogP contribution in [-0.2, 0) is 0 Å². The molecule has 0 saturated carbocycles. The molecule has 0 spiro atoms. The normalized spacial score (nSPS) is 14.9. The van der Waals surface area contributed by atoms with E-state index in [9.17, 15) is 4.79 Å². The van der Waals surface area contributed by atoms with E-state index in [1.54, 1.807) is 7.11 Å². The van der Waals surface area contributed by atoms with Gasteiger partial charge < -0.3 is 14.4 Å². The molecule has 28 heavy (non-hydrogen) atoms. The van der Waals surface area contributed by atoms with Crippen molar-refractivity contribution >= 4 is 32.6 Å². The number of halogens is 1. The van der Waals surface area contributed by atoms with Crippen LogP contribution in [0.5, 0.6) is 11.6 Å². The first-order valence-electron chi connectivity index (χ1n) is 9.29. The number of aromatic nitrogens is 1. The SMILES string of the molecule is COc1nc(C(=O)N2CCC(Oc3cccc(Br)c3)CC2)cc2ccccc12. The summed E-state index contributed by atoms with van der Waals surface area (Å²) in [6, 6.07) is 17.5. The Bertz CT molecular complexity index is 1000. The van der Waals surface area contributed by atoms with Crippen molar-refractivity contribution in [3.8, 4) is 11.6 Å². The lowest BCUT2D eigenvalue weighted by molar-refractivity contribution is 0.0589. The molecule has 5 nitrogen and oxygen atoms in total. The first kappa shape index (κ1) is 18.7. The Balaban J connectivity index is 1.45. The van der Waals surface area contributed by atoms with Gasteiger partial charge in [-0.3, -0.25) is 4.79 Å².